The third-order valence-electron chi connectivity index (χ3n) is 4.28. The number of hydrogen-bond donors (Lipinski definition) is 1. The normalized spacial score (nSPS) is 14.4. The molecule has 0 atom stereocenters. The number of carbonyl (C=O) groups excluding carboxylic acids is 1. The Hall–Kier alpha value is -1.77. The van der Waals surface area contributed by atoms with Crippen LogP contribution in [0.5, 0.6) is 5.75 Å². The fraction of sp³-hybridized carbons (Fsp3) is 0.526. The predicted octanol–water partition coefficient (Wildman–Crippen LogP) is 4.00. The van der Waals surface area contributed by atoms with Crippen LogP contribution in [0.4, 0.5) is 0 Å². The van der Waals surface area contributed by atoms with E-state index in [0.29, 0.717) is 6.54 Å². The van der Waals surface area contributed by atoms with Crippen LogP contribution < -0.4 is 10.1 Å². The highest BCUT2D eigenvalue weighted by atomic mass is 16.5. The molecule has 1 aliphatic carbocycles. The minimum atomic E-state index is -0.0463. The summed E-state index contributed by atoms with van der Waals surface area (Å²) in [7, 11) is 0. The van der Waals surface area contributed by atoms with Gasteiger partial charge in [-0.1, -0.05) is 17.7 Å². The van der Waals surface area contributed by atoms with E-state index in [1.165, 1.54) is 36.8 Å². The topological polar surface area (TPSA) is 38.3 Å². The average Bonchev–Trinajstić information content (AvgIpc) is 2.50. The highest BCUT2D eigenvalue weighted by Crippen LogP contribution is 2.23. The molecule has 3 nitrogen and oxygen atoms in total. The summed E-state index contributed by atoms with van der Waals surface area (Å²) in [5, 5.41) is 2.94. The van der Waals surface area contributed by atoms with E-state index in [1.54, 1.807) is 0 Å². The van der Waals surface area contributed by atoms with Gasteiger partial charge >= 0.3 is 0 Å². The van der Waals surface area contributed by atoms with E-state index in [9.17, 15) is 4.79 Å². The average molecular weight is 301 g/mol. The van der Waals surface area contributed by atoms with Gasteiger partial charge in [0.15, 0.2) is 6.61 Å². The first kappa shape index (κ1) is 16.6. The number of aryl methyl sites for hydroxylation is 2. The van der Waals surface area contributed by atoms with E-state index < -0.39 is 0 Å². The van der Waals surface area contributed by atoms with Crippen LogP contribution in [0, 0.1) is 20.8 Å². The molecule has 1 aromatic rings. The summed E-state index contributed by atoms with van der Waals surface area (Å²) in [6.07, 6.45) is 8.26. The van der Waals surface area contributed by atoms with Crippen molar-refractivity contribution in [2.75, 3.05) is 13.2 Å². The Bertz CT molecular complexity index is 561. The van der Waals surface area contributed by atoms with Crippen LogP contribution in [0.1, 0.15) is 48.8 Å². The molecule has 0 aromatic heterocycles. The van der Waals surface area contributed by atoms with Crippen molar-refractivity contribution < 1.29 is 9.53 Å². The summed E-state index contributed by atoms with van der Waals surface area (Å²) >= 11 is 0. The number of carbonyl (C=O) groups is 1. The molecule has 0 heterocycles. The fourth-order valence-corrected chi connectivity index (χ4v) is 2.84. The van der Waals surface area contributed by atoms with E-state index in [2.05, 4.69) is 24.4 Å². The van der Waals surface area contributed by atoms with Gasteiger partial charge in [0.25, 0.3) is 5.91 Å². The van der Waals surface area contributed by atoms with Crippen molar-refractivity contribution in [2.24, 2.45) is 0 Å². The smallest absolute Gasteiger partial charge is 0.257 e. The molecule has 0 fully saturated rings. The quantitative estimate of drug-likeness (QED) is 0.807. The molecule has 22 heavy (non-hydrogen) atoms. The standard InChI is InChI=1S/C19H27NO2/c1-14-11-15(2)16(3)18(12-14)22-13-19(21)20-10-9-17-7-5-4-6-8-17/h7,11-12H,4-6,8-10,13H2,1-3H3,(H,20,21). The van der Waals surface area contributed by atoms with Crippen LogP contribution >= 0.6 is 0 Å². The van der Waals surface area contributed by atoms with Gasteiger partial charge in [0.05, 0.1) is 0 Å². The molecule has 0 spiro atoms. The van der Waals surface area contributed by atoms with Crippen LogP contribution in [-0.4, -0.2) is 19.1 Å². The number of allylic oxidation sites excluding steroid dienone is 1. The second-order valence-electron chi connectivity index (χ2n) is 6.20. The second kappa shape index (κ2) is 8.02. The van der Waals surface area contributed by atoms with Crippen LogP contribution in [0.3, 0.4) is 0 Å². The summed E-state index contributed by atoms with van der Waals surface area (Å²) < 4.78 is 5.68. The maximum absolute atomic E-state index is 11.9. The van der Waals surface area contributed by atoms with Crippen LogP contribution in [-0.2, 0) is 4.79 Å². The monoisotopic (exact) mass is 301 g/mol. The van der Waals surface area contributed by atoms with E-state index in [-0.39, 0.29) is 12.5 Å². The second-order valence-corrected chi connectivity index (χ2v) is 6.20. The maximum atomic E-state index is 11.9. The van der Waals surface area contributed by atoms with E-state index in [1.807, 2.05) is 19.9 Å². The van der Waals surface area contributed by atoms with Crippen molar-refractivity contribution in [3.05, 3.63) is 40.5 Å². The van der Waals surface area contributed by atoms with E-state index in [4.69, 9.17) is 4.74 Å². The third-order valence-corrected chi connectivity index (χ3v) is 4.28. The van der Waals surface area contributed by atoms with Crippen molar-refractivity contribution in [2.45, 2.75) is 52.9 Å². The Labute approximate surface area is 133 Å². The summed E-state index contributed by atoms with van der Waals surface area (Å²) in [6, 6.07) is 4.11. The van der Waals surface area contributed by atoms with Gasteiger partial charge in [0, 0.05) is 6.54 Å². The van der Waals surface area contributed by atoms with Gasteiger partial charge in [-0.25, -0.2) is 0 Å². The Morgan fingerprint density at radius 2 is 2.05 bits per heavy atom. The molecule has 0 saturated heterocycles. The molecule has 1 amide bonds. The minimum Gasteiger partial charge on any atom is -0.483 e. The Balaban J connectivity index is 1.75. The van der Waals surface area contributed by atoms with Gasteiger partial charge in [0.2, 0.25) is 0 Å². The Morgan fingerprint density at radius 1 is 1.23 bits per heavy atom. The summed E-state index contributed by atoms with van der Waals surface area (Å²) in [6.45, 7) is 6.92. The number of hydrogen-bond acceptors (Lipinski definition) is 2. The maximum Gasteiger partial charge on any atom is 0.257 e. The first-order valence-corrected chi connectivity index (χ1v) is 8.21. The minimum absolute atomic E-state index is 0.0463. The number of nitrogens with one attached hydrogen (secondary N) is 1. The number of ether oxygens (including phenoxy) is 1. The zero-order chi connectivity index (χ0) is 15.9. The lowest BCUT2D eigenvalue weighted by Gasteiger charge is -2.14. The molecule has 120 valence electrons. The lowest BCUT2D eigenvalue weighted by atomic mass is 9.97. The highest BCUT2D eigenvalue weighted by molar-refractivity contribution is 5.77. The lowest BCUT2D eigenvalue weighted by molar-refractivity contribution is -0.123. The SMILES string of the molecule is Cc1cc(C)c(C)c(OCC(=O)NCCC2=CCCCC2)c1. The van der Waals surface area contributed by atoms with Gasteiger partial charge in [-0.3, -0.25) is 4.79 Å². The predicted molar refractivity (Wildman–Crippen MR) is 90.3 cm³/mol. The van der Waals surface area contributed by atoms with Crippen molar-refractivity contribution >= 4 is 5.91 Å². The highest BCUT2D eigenvalue weighted by Gasteiger charge is 2.08. The van der Waals surface area contributed by atoms with Crippen molar-refractivity contribution in [3.8, 4) is 5.75 Å². The zero-order valence-corrected chi connectivity index (χ0v) is 14.0. The van der Waals surface area contributed by atoms with Gasteiger partial charge < -0.3 is 10.1 Å². The lowest BCUT2D eigenvalue weighted by Crippen LogP contribution is -2.30. The number of rotatable bonds is 6. The largest absolute Gasteiger partial charge is 0.483 e. The summed E-state index contributed by atoms with van der Waals surface area (Å²) in [5.74, 6) is 0.762. The van der Waals surface area contributed by atoms with Crippen molar-refractivity contribution in [1.82, 2.24) is 5.32 Å². The molecule has 0 saturated carbocycles. The molecule has 1 aromatic carbocycles. The van der Waals surface area contributed by atoms with Gasteiger partial charge in [0.1, 0.15) is 5.75 Å². The summed E-state index contributed by atoms with van der Waals surface area (Å²) in [5.41, 5.74) is 4.94. The molecule has 0 unspecified atom stereocenters. The molecule has 0 bridgehead atoms. The van der Waals surface area contributed by atoms with Gasteiger partial charge in [-0.15, -0.1) is 0 Å². The molecule has 2 rings (SSSR count). The number of benzene rings is 1. The fourth-order valence-electron chi connectivity index (χ4n) is 2.84. The molecular formula is C19H27NO2. The van der Waals surface area contributed by atoms with E-state index >= 15 is 0 Å². The molecule has 1 N–H and O–H groups in total. The van der Waals surface area contributed by atoms with Crippen LogP contribution in [0.15, 0.2) is 23.8 Å². The summed E-state index contributed by atoms with van der Waals surface area (Å²) in [4.78, 5) is 11.9. The van der Waals surface area contributed by atoms with Crippen LogP contribution in [0.25, 0.3) is 0 Å². The Morgan fingerprint density at radius 3 is 2.77 bits per heavy atom. The van der Waals surface area contributed by atoms with Gasteiger partial charge in [-0.05, 0) is 75.6 Å². The molecular weight excluding hydrogens is 274 g/mol. The number of amides is 1. The molecule has 3 heteroatoms. The first-order valence-electron chi connectivity index (χ1n) is 8.21. The van der Waals surface area contributed by atoms with Crippen molar-refractivity contribution in [1.29, 1.82) is 0 Å². The Kier molecular flexibility index (Phi) is 6.05. The van der Waals surface area contributed by atoms with Gasteiger partial charge in [-0.2, -0.15) is 0 Å². The third kappa shape index (κ3) is 4.90. The first-order chi connectivity index (χ1) is 10.6. The zero-order valence-electron chi connectivity index (χ0n) is 14.0. The van der Waals surface area contributed by atoms with Crippen LogP contribution in [0.2, 0.25) is 0 Å². The molecule has 0 radical (unpaired) electrons. The van der Waals surface area contributed by atoms with Crippen molar-refractivity contribution in [3.63, 3.8) is 0 Å². The molecule has 1 aliphatic rings. The molecule has 0 aliphatic heterocycles. The van der Waals surface area contributed by atoms with E-state index in [0.717, 1.165) is 23.3 Å².